The average molecular weight is 283 g/mol. The molecule has 1 rings (SSSR count). The molecule has 0 spiro atoms. The van der Waals surface area contributed by atoms with Gasteiger partial charge in [0.15, 0.2) is 0 Å². The Labute approximate surface area is 120 Å². The normalized spacial score (nSPS) is 10.3. The Kier molecular flexibility index (Phi) is 8.37. The van der Waals surface area contributed by atoms with Crippen LogP contribution in [0.2, 0.25) is 0 Å². The maximum atomic E-state index is 5.47. The summed E-state index contributed by atoms with van der Waals surface area (Å²) in [7, 11) is 1.71. The number of aromatic nitrogens is 3. The molecular formula is C13H25N5O2. The van der Waals surface area contributed by atoms with Gasteiger partial charge in [0.05, 0.1) is 6.61 Å². The van der Waals surface area contributed by atoms with E-state index in [1.165, 1.54) is 0 Å². The highest BCUT2D eigenvalue weighted by atomic mass is 16.5. The molecule has 2 N–H and O–H groups in total. The number of rotatable bonds is 11. The summed E-state index contributed by atoms with van der Waals surface area (Å²) in [4.78, 5) is 12.7. The lowest BCUT2D eigenvalue weighted by Crippen LogP contribution is -2.12. The number of ether oxygens (including phenoxy) is 2. The van der Waals surface area contributed by atoms with Crippen molar-refractivity contribution in [1.82, 2.24) is 15.0 Å². The largest absolute Gasteiger partial charge is 0.463 e. The summed E-state index contributed by atoms with van der Waals surface area (Å²) >= 11 is 0. The molecule has 0 aliphatic heterocycles. The fourth-order valence-corrected chi connectivity index (χ4v) is 1.50. The Balaban J connectivity index is 2.55. The van der Waals surface area contributed by atoms with E-state index < -0.39 is 0 Å². The number of hydrogen-bond acceptors (Lipinski definition) is 7. The molecule has 114 valence electrons. The highest BCUT2D eigenvalue weighted by Gasteiger charge is 2.06. The molecule has 0 unspecified atom stereocenters. The second-order valence-corrected chi connectivity index (χ2v) is 4.27. The van der Waals surface area contributed by atoms with Gasteiger partial charge in [0, 0.05) is 26.8 Å². The van der Waals surface area contributed by atoms with E-state index in [2.05, 4.69) is 25.6 Å². The second kappa shape index (κ2) is 10.2. The van der Waals surface area contributed by atoms with E-state index in [1.54, 1.807) is 7.11 Å². The molecule has 0 radical (unpaired) electrons. The Bertz CT molecular complexity index is 376. The molecule has 7 nitrogen and oxygen atoms in total. The van der Waals surface area contributed by atoms with Gasteiger partial charge in [-0.15, -0.1) is 0 Å². The van der Waals surface area contributed by atoms with Crippen LogP contribution in [0, 0.1) is 0 Å². The molecule has 20 heavy (non-hydrogen) atoms. The summed E-state index contributed by atoms with van der Waals surface area (Å²) in [6, 6.07) is 0.359. The topological polar surface area (TPSA) is 81.2 Å². The molecule has 0 bridgehead atoms. The Morgan fingerprint density at radius 2 is 1.70 bits per heavy atom. The third-order valence-electron chi connectivity index (χ3n) is 2.44. The fraction of sp³-hybridized carbons (Fsp3) is 0.769. The standard InChI is InChI=1S/C13H25N5O2/c1-4-9-20-13-17-11(14-5-2)16-12(18-13)15-8-6-7-10-19-3/h4-10H2,1-3H3,(H2,14,15,16,17,18). The van der Waals surface area contributed by atoms with Gasteiger partial charge in [0.25, 0.3) is 0 Å². The molecule has 1 heterocycles. The number of methoxy groups -OCH3 is 1. The van der Waals surface area contributed by atoms with Crippen molar-refractivity contribution in [3.05, 3.63) is 0 Å². The molecule has 0 aromatic carbocycles. The van der Waals surface area contributed by atoms with Crippen molar-refractivity contribution >= 4 is 11.9 Å². The van der Waals surface area contributed by atoms with Crippen LogP contribution in [-0.4, -0.2) is 48.4 Å². The molecule has 0 atom stereocenters. The predicted molar refractivity (Wildman–Crippen MR) is 79.4 cm³/mol. The van der Waals surface area contributed by atoms with Crippen LogP contribution in [0.4, 0.5) is 11.9 Å². The number of nitrogens with one attached hydrogen (secondary N) is 2. The van der Waals surface area contributed by atoms with Crippen LogP contribution in [0.1, 0.15) is 33.1 Å². The minimum absolute atomic E-state index is 0.359. The van der Waals surface area contributed by atoms with Gasteiger partial charge < -0.3 is 20.1 Å². The minimum Gasteiger partial charge on any atom is -0.463 e. The third-order valence-corrected chi connectivity index (χ3v) is 2.44. The summed E-state index contributed by atoms with van der Waals surface area (Å²) < 4.78 is 10.5. The number of hydrogen-bond donors (Lipinski definition) is 2. The molecule has 7 heteroatoms. The van der Waals surface area contributed by atoms with Crippen LogP contribution >= 0.6 is 0 Å². The number of anilines is 2. The molecule has 0 aliphatic rings. The lowest BCUT2D eigenvalue weighted by molar-refractivity contribution is 0.193. The van der Waals surface area contributed by atoms with Crippen LogP contribution in [0.15, 0.2) is 0 Å². The summed E-state index contributed by atoms with van der Waals surface area (Å²) in [5.74, 6) is 1.08. The minimum atomic E-state index is 0.359. The van der Waals surface area contributed by atoms with E-state index in [0.29, 0.717) is 24.5 Å². The van der Waals surface area contributed by atoms with E-state index >= 15 is 0 Å². The van der Waals surface area contributed by atoms with E-state index in [9.17, 15) is 0 Å². The van der Waals surface area contributed by atoms with Crippen molar-refractivity contribution in [2.24, 2.45) is 0 Å². The van der Waals surface area contributed by atoms with Gasteiger partial charge in [0.1, 0.15) is 0 Å². The smallest absolute Gasteiger partial charge is 0.323 e. The Morgan fingerprint density at radius 3 is 2.35 bits per heavy atom. The van der Waals surface area contributed by atoms with Crippen molar-refractivity contribution in [3.8, 4) is 6.01 Å². The summed E-state index contributed by atoms with van der Waals surface area (Å²) in [6.45, 7) is 6.96. The first-order valence-electron chi connectivity index (χ1n) is 7.15. The van der Waals surface area contributed by atoms with Crippen LogP contribution < -0.4 is 15.4 Å². The quantitative estimate of drug-likeness (QED) is 0.600. The molecule has 0 fully saturated rings. The summed E-state index contributed by atoms with van der Waals surface area (Å²) in [5, 5.41) is 6.25. The van der Waals surface area contributed by atoms with Crippen molar-refractivity contribution in [1.29, 1.82) is 0 Å². The zero-order valence-corrected chi connectivity index (χ0v) is 12.6. The van der Waals surface area contributed by atoms with Gasteiger partial charge in [-0.25, -0.2) is 0 Å². The predicted octanol–water partition coefficient (Wildman–Crippen LogP) is 1.93. The zero-order chi connectivity index (χ0) is 14.6. The lowest BCUT2D eigenvalue weighted by Gasteiger charge is -2.09. The van der Waals surface area contributed by atoms with Crippen molar-refractivity contribution in [2.45, 2.75) is 33.1 Å². The molecule has 0 aliphatic carbocycles. The van der Waals surface area contributed by atoms with E-state index in [1.807, 2.05) is 13.8 Å². The Morgan fingerprint density at radius 1 is 0.950 bits per heavy atom. The molecule has 1 aromatic heterocycles. The maximum absolute atomic E-state index is 5.47. The maximum Gasteiger partial charge on any atom is 0.323 e. The summed E-state index contributed by atoms with van der Waals surface area (Å²) in [6.07, 6.45) is 2.93. The lowest BCUT2D eigenvalue weighted by atomic mass is 10.3. The number of unbranched alkanes of at least 4 members (excludes halogenated alkanes) is 1. The van der Waals surface area contributed by atoms with Crippen molar-refractivity contribution in [3.63, 3.8) is 0 Å². The first-order chi connectivity index (χ1) is 9.80. The molecule has 0 amide bonds. The van der Waals surface area contributed by atoms with Gasteiger partial charge in [-0.1, -0.05) is 6.92 Å². The second-order valence-electron chi connectivity index (χ2n) is 4.27. The highest BCUT2D eigenvalue weighted by molar-refractivity contribution is 5.35. The summed E-state index contributed by atoms with van der Waals surface area (Å²) in [5.41, 5.74) is 0. The molecule has 0 saturated heterocycles. The van der Waals surface area contributed by atoms with E-state index in [4.69, 9.17) is 9.47 Å². The fourth-order valence-electron chi connectivity index (χ4n) is 1.50. The average Bonchev–Trinajstić information content (AvgIpc) is 2.45. The van der Waals surface area contributed by atoms with Crippen LogP contribution in [0.3, 0.4) is 0 Å². The highest BCUT2D eigenvalue weighted by Crippen LogP contribution is 2.11. The van der Waals surface area contributed by atoms with Crippen LogP contribution in [-0.2, 0) is 4.74 Å². The Hall–Kier alpha value is -1.63. The van der Waals surface area contributed by atoms with E-state index in [0.717, 1.165) is 39.0 Å². The first kappa shape index (κ1) is 16.4. The zero-order valence-electron chi connectivity index (χ0n) is 12.6. The van der Waals surface area contributed by atoms with E-state index in [-0.39, 0.29) is 0 Å². The molecule has 1 aromatic rings. The van der Waals surface area contributed by atoms with Gasteiger partial charge in [-0.05, 0) is 26.2 Å². The van der Waals surface area contributed by atoms with Gasteiger partial charge in [-0.2, -0.15) is 15.0 Å². The molecule has 0 saturated carbocycles. The van der Waals surface area contributed by atoms with Crippen LogP contribution in [0.25, 0.3) is 0 Å². The van der Waals surface area contributed by atoms with Gasteiger partial charge >= 0.3 is 6.01 Å². The van der Waals surface area contributed by atoms with Crippen molar-refractivity contribution in [2.75, 3.05) is 44.0 Å². The third kappa shape index (κ3) is 6.51. The SMILES string of the molecule is CCCOc1nc(NCC)nc(NCCCCOC)n1. The van der Waals surface area contributed by atoms with Gasteiger partial charge in [-0.3, -0.25) is 0 Å². The first-order valence-corrected chi connectivity index (χ1v) is 7.15. The number of nitrogens with zero attached hydrogens (tertiary/aromatic N) is 3. The molecular weight excluding hydrogens is 258 g/mol. The van der Waals surface area contributed by atoms with Gasteiger partial charge in [0.2, 0.25) is 11.9 Å². The monoisotopic (exact) mass is 283 g/mol. The van der Waals surface area contributed by atoms with Crippen molar-refractivity contribution < 1.29 is 9.47 Å². The van der Waals surface area contributed by atoms with Crippen LogP contribution in [0.5, 0.6) is 6.01 Å².